The fourth-order valence-electron chi connectivity index (χ4n) is 2.49. The van der Waals surface area contributed by atoms with Crippen LogP contribution in [0.5, 0.6) is 17.2 Å². The highest BCUT2D eigenvalue weighted by Gasteiger charge is 2.26. The lowest BCUT2D eigenvalue weighted by molar-refractivity contribution is 0.00591. The van der Waals surface area contributed by atoms with E-state index in [0.29, 0.717) is 22.7 Å². The summed E-state index contributed by atoms with van der Waals surface area (Å²) in [5.41, 5.74) is 1.08. The van der Waals surface area contributed by atoms with Crippen molar-refractivity contribution in [2.24, 2.45) is 0 Å². The van der Waals surface area contributed by atoms with Gasteiger partial charge in [-0.3, -0.25) is 5.32 Å². The van der Waals surface area contributed by atoms with Gasteiger partial charge in [0.15, 0.2) is 17.6 Å². The molecule has 0 saturated carbocycles. The third-order valence-electron chi connectivity index (χ3n) is 3.90. The zero-order chi connectivity index (χ0) is 19.8. The lowest BCUT2D eigenvalue weighted by Crippen LogP contribution is -2.26. The quantitative estimate of drug-likeness (QED) is 0.683. The zero-order valence-electron chi connectivity index (χ0n) is 15.5. The molecular weight excluding hydrogens is 350 g/mol. The van der Waals surface area contributed by atoms with E-state index in [4.69, 9.17) is 18.9 Å². The minimum atomic E-state index is -0.817. The number of methoxy groups -OCH3 is 3. The molecule has 2 rings (SSSR count). The molecule has 7 heteroatoms. The standard InChI is InChI=1S/C20H23NO6/c1-5-17(25-3)19(13-6-11-18(26-4)16(22)12-13)27-20(23)21-14-7-9-15(24-2)10-8-14/h5-12,17,19,22H,1H2,2-4H3,(H,21,23)/t17-,19-/m1/s1. The van der Waals surface area contributed by atoms with Crippen molar-refractivity contribution in [1.29, 1.82) is 0 Å². The summed E-state index contributed by atoms with van der Waals surface area (Å²) in [6.45, 7) is 3.71. The van der Waals surface area contributed by atoms with E-state index in [9.17, 15) is 9.90 Å². The van der Waals surface area contributed by atoms with Crippen molar-refractivity contribution >= 4 is 11.8 Å². The number of carbonyl (C=O) groups is 1. The molecule has 2 N–H and O–H groups in total. The zero-order valence-corrected chi connectivity index (χ0v) is 15.5. The summed E-state index contributed by atoms with van der Waals surface area (Å²) in [5, 5.41) is 12.7. The van der Waals surface area contributed by atoms with E-state index in [1.807, 2.05) is 0 Å². The van der Waals surface area contributed by atoms with Gasteiger partial charge in [0, 0.05) is 12.8 Å². The van der Waals surface area contributed by atoms with Gasteiger partial charge in [0.05, 0.1) is 14.2 Å². The SMILES string of the molecule is C=C[C@@H](OC)[C@H](OC(=O)Nc1ccc(OC)cc1)c1ccc(OC)c(O)c1. The lowest BCUT2D eigenvalue weighted by atomic mass is 10.0. The van der Waals surface area contributed by atoms with Crippen LogP contribution in [0.3, 0.4) is 0 Å². The lowest BCUT2D eigenvalue weighted by Gasteiger charge is -2.24. The maximum Gasteiger partial charge on any atom is 0.412 e. The van der Waals surface area contributed by atoms with Gasteiger partial charge in [0.1, 0.15) is 11.9 Å². The van der Waals surface area contributed by atoms with Gasteiger partial charge in [-0.15, -0.1) is 6.58 Å². The van der Waals surface area contributed by atoms with E-state index < -0.39 is 18.3 Å². The Morgan fingerprint density at radius 2 is 1.81 bits per heavy atom. The number of benzene rings is 2. The third kappa shape index (κ3) is 5.15. The summed E-state index contributed by atoms with van der Waals surface area (Å²) < 4.78 is 21.0. The molecule has 0 radical (unpaired) electrons. The van der Waals surface area contributed by atoms with E-state index in [1.54, 1.807) is 43.5 Å². The second-order valence-corrected chi connectivity index (χ2v) is 5.55. The molecule has 1 amide bonds. The molecule has 0 unspecified atom stereocenters. The van der Waals surface area contributed by atoms with Gasteiger partial charge < -0.3 is 24.1 Å². The largest absolute Gasteiger partial charge is 0.504 e. The van der Waals surface area contributed by atoms with Crippen molar-refractivity contribution in [1.82, 2.24) is 0 Å². The number of phenolic OH excluding ortho intramolecular Hbond substituents is 1. The predicted octanol–water partition coefficient (Wildman–Crippen LogP) is 3.90. The molecule has 0 aromatic heterocycles. The van der Waals surface area contributed by atoms with Crippen LogP contribution >= 0.6 is 0 Å². The molecule has 2 aromatic carbocycles. The molecular formula is C20H23NO6. The van der Waals surface area contributed by atoms with Crippen LogP contribution in [0, 0.1) is 0 Å². The molecule has 144 valence electrons. The Morgan fingerprint density at radius 3 is 2.33 bits per heavy atom. The van der Waals surface area contributed by atoms with Crippen molar-refractivity contribution in [3.05, 3.63) is 60.7 Å². The van der Waals surface area contributed by atoms with E-state index in [0.717, 1.165) is 0 Å². The molecule has 0 aliphatic heterocycles. The predicted molar refractivity (Wildman–Crippen MR) is 101 cm³/mol. The first kappa shape index (κ1) is 20.1. The summed E-state index contributed by atoms with van der Waals surface area (Å²) in [4.78, 5) is 12.4. The van der Waals surface area contributed by atoms with Crippen LogP contribution in [0.4, 0.5) is 10.5 Å². The van der Waals surface area contributed by atoms with Crippen LogP contribution in [0.25, 0.3) is 0 Å². The Morgan fingerprint density at radius 1 is 1.11 bits per heavy atom. The number of hydrogen-bond donors (Lipinski definition) is 2. The molecule has 0 fully saturated rings. The highest BCUT2D eigenvalue weighted by atomic mass is 16.6. The van der Waals surface area contributed by atoms with Gasteiger partial charge in [0.25, 0.3) is 0 Å². The summed E-state index contributed by atoms with van der Waals surface area (Å²) in [6, 6.07) is 11.5. The molecule has 0 saturated heterocycles. The highest BCUT2D eigenvalue weighted by molar-refractivity contribution is 5.84. The monoisotopic (exact) mass is 373 g/mol. The smallest absolute Gasteiger partial charge is 0.412 e. The number of nitrogens with one attached hydrogen (secondary N) is 1. The molecule has 7 nitrogen and oxygen atoms in total. The first-order valence-corrected chi connectivity index (χ1v) is 8.16. The molecule has 0 aliphatic rings. The Balaban J connectivity index is 2.19. The van der Waals surface area contributed by atoms with Crippen LogP contribution in [-0.4, -0.2) is 38.6 Å². The van der Waals surface area contributed by atoms with Crippen molar-refractivity contribution in [3.63, 3.8) is 0 Å². The number of ether oxygens (including phenoxy) is 4. The van der Waals surface area contributed by atoms with Crippen molar-refractivity contribution < 1.29 is 28.8 Å². The molecule has 2 atom stereocenters. The van der Waals surface area contributed by atoms with E-state index in [1.165, 1.54) is 26.4 Å². The average Bonchev–Trinajstić information content (AvgIpc) is 2.68. The number of amides is 1. The number of anilines is 1. The van der Waals surface area contributed by atoms with Crippen molar-refractivity contribution in [3.8, 4) is 17.2 Å². The fraction of sp³-hybridized carbons (Fsp3) is 0.250. The summed E-state index contributed by atoms with van der Waals surface area (Å²) in [7, 11) is 4.49. The topological polar surface area (TPSA) is 86.3 Å². The minimum absolute atomic E-state index is 0.0712. The van der Waals surface area contributed by atoms with Crippen LogP contribution in [0.15, 0.2) is 55.1 Å². The summed E-state index contributed by atoms with van der Waals surface area (Å²) in [6.07, 6.45) is -0.585. The summed E-state index contributed by atoms with van der Waals surface area (Å²) in [5.74, 6) is 0.914. The second-order valence-electron chi connectivity index (χ2n) is 5.55. The first-order chi connectivity index (χ1) is 13.0. The van der Waals surface area contributed by atoms with Gasteiger partial charge in [-0.2, -0.15) is 0 Å². The molecule has 2 aromatic rings. The number of hydrogen-bond acceptors (Lipinski definition) is 6. The normalized spacial score (nSPS) is 12.6. The molecule has 0 bridgehead atoms. The van der Waals surface area contributed by atoms with E-state index >= 15 is 0 Å². The molecule has 0 heterocycles. The first-order valence-electron chi connectivity index (χ1n) is 8.16. The van der Waals surface area contributed by atoms with Crippen molar-refractivity contribution in [2.45, 2.75) is 12.2 Å². The Hall–Kier alpha value is -3.19. The van der Waals surface area contributed by atoms with Gasteiger partial charge in [-0.25, -0.2) is 4.79 Å². The maximum atomic E-state index is 12.4. The minimum Gasteiger partial charge on any atom is -0.504 e. The second kappa shape index (κ2) is 9.49. The Kier molecular flexibility index (Phi) is 7.08. The van der Waals surface area contributed by atoms with Crippen LogP contribution in [-0.2, 0) is 9.47 Å². The van der Waals surface area contributed by atoms with Gasteiger partial charge in [-0.1, -0.05) is 12.1 Å². The van der Waals surface area contributed by atoms with Crippen LogP contribution < -0.4 is 14.8 Å². The average molecular weight is 373 g/mol. The Labute approximate surface area is 158 Å². The fourth-order valence-corrected chi connectivity index (χ4v) is 2.49. The van der Waals surface area contributed by atoms with Crippen molar-refractivity contribution in [2.75, 3.05) is 26.6 Å². The van der Waals surface area contributed by atoms with Gasteiger partial charge in [-0.05, 0) is 42.0 Å². The van der Waals surface area contributed by atoms with Crippen LogP contribution in [0.1, 0.15) is 11.7 Å². The number of rotatable bonds is 8. The maximum absolute atomic E-state index is 12.4. The number of aromatic hydroxyl groups is 1. The van der Waals surface area contributed by atoms with Gasteiger partial charge >= 0.3 is 6.09 Å². The van der Waals surface area contributed by atoms with Crippen LogP contribution in [0.2, 0.25) is 0 Å². The number of carbonyl (C=O) groups excluding carboxylic acids is 1. The molecule has 0 spiro atoms. The van der Waals surface area contributed by atoms with E-state index in [-0.39, 0.29) is 5.75 Å². The molecule has 0 aliphatic carbocycles. The van der Waals surface area contributed by atoms with E-state index in [2.05, 4.69) is 11.9 Å². The summed E-state index contributed by atoms with van der Waals surface area (Å²) >= 11 is 0. The highest BCUT2D eigenvalue weighted by Crippen LogP contribution is 2.32. The third-order valence-corrected chi connectivity index (χ3v) is 3.90. The van der Waals surface area contributed by atoms with Gasteiger partial charge in [0.2, 0.25) is 0 Å². The number of phenols is 1. The Bertz CT molecular complexity index is 775. The molecule has 27 heavy (non-hydrogen) atoms.